The van der Waals surface area contributed by atoms with Crippen LogP contribution in [0, 0.1) is 5.82 Å². The fourth-order valence-corrected chi connectivity index (χ4v) is 3.02. The first-order valence-corrected chi connectivity index (χ1v) is 8.71. The summed E-state index contributed by atoms with van der Waals surface area (Å²) >= 11 is 0. The number of nitrogens with one attached hydrogen (secondary N) is 1. The van der Waals surface area contributed by atoms with Gasteiger partial charge in [0.05, 0.1) is 5.56 Å². The van der Waals surface area contributed by atoms with Gasteiger partial charge in [0.25, 0.3) is 0 Å². The van der Waals surface area contributed by atoms with Crippen molar-refractivity contribution in [2.24, 2.45) is 0 Å². The summed E-state index contributed by atoms with van der Waals surface area (Å²) in [4.78, 5) is 11.9. The first kappa shape index (κ1) is 16.6. The van der Waals surface area contributed by atoms with Gasteiger partial charge in [-0.3, -0.25) is 4.79 Å². The minimum absolute atomic E-state index is 0.0468. The van der Waals surface area contributed by atoms with Gasteiger partial charge in [0.2, 0.25) is 5.91 Å². The quantitative estimate of drug-likeness (QED) is 0.903. The van der Waals surface area contributed by atoms with Crippen molar-refractivity contribution in [3.63, 3.8) is 0 Å². The maximum atomic E-state index is 14.4. The lowest BCUT2D eigenvalue weighted by atomic mass is 10.1. The van der Waals surface area contributed by atoms with E-state index in [1.165, 1.54) is 6.07 Å². The second kappa shape index (κ2) is 7.55. The maximum Gasteiger partial charge on any atom is 0.224 e. The molecule has 0 unspecified atom stereocenters. The fraction of sp³-hybridized carbons (Fsp3) is 0.500. The van der Waals surface area contributed by atoms with E-state index in [1.807, 2.05) is 11.5 Å². The van der Waals surface area contributed by atoms with E-state index in [2.05, 4.69) is 15.5 Å². The van der Waals surface area contributed by atoms with E-state index in [-0.39, 0.29) is 11.7 Å². The van der Waals surface area contributed by atoms with Gasteiger partial charge < -0.3 is 9.88 Å². The molecule has 0 fully saturated rings. The third kappa shape index (κ3) is 3.63. The number of aryl methyl sites for hydroxylation is 1. The standard InChI is InChI=1S/C18H23FN4O/c1-2-3-8-17(24)20-13-9-10-15(19)14(12-13)18-22-21-16-7-5-4-6-11-23(16)18/h9-10,12H,2-8,11H2,1H3,(H,20,24). The highest BCUT2D eigenvalue weighted by atomic mass is 19.1. The van der Waals surface area contributed by atoms with Gasteiger partial charge in [0, 0.05) is 25.1 Å². The number of nitrogens with zero attached hydrogens (tertiary/aromatic N) is 3. The van der Waals surface area contributed by atoms with E-state index in [9.17, 15) is 9.18 Å². The molecule has 1 N–H and O–H groups in total. The number of hydrogen-bond donors (Lipinski definition) is 1. The molecule has 2 heterocycles. The Hall–Kier alpha value is -2.24. The Labute approximate surface area is 141 Å². The number of anilines is 1. The van der Waals surface area contributed by atoms with E-state index in [4.69, 9.17) is 0 Å². The van der Waals surface area contributed by atoms with Crippen LogP contribution in [0.25, 0.3) is 11.4 Å². The topological polar surface area (TPSA) is 59.8 Å². The van der Waals surface area contributed by atoms with Crippen molar-refractivity contribution in [2.45, 2.75) is 58.4 Å². The van der Waals surface area contributed by atoms with Crippen molar-refractivity contribution >= 4 is 11.6 Å². The van der Waals surface area contributed by atoms with Crippen LogP contribution in [-0.4, -0.2) is 20.7 Å². The molecule has 1 aliphatic heterocycles. The average molecular weight is 330 g/mol. The van der Waals surface area contributed by atoms with Gasteiger partial charge in [0.15, 0.2) is 5.82 Å². The fourth-order valence-electron chi connectivity index (χ4n) is 3.02. The van der Waals surface area contributed by atoms with E-state index in [1.54, 1.807) is 12.1 Å². The molecule has 128 valence electrons. The molecular weight excluding hydrogens is 307 g/mol. The normalized spacial score (nSPS) is 14.1. The summed E-state index contributed by atoms with van der Waals surface area (Å²) in [6.45, 7) is 2.85. The van der Waals surface area contributed by atoms with Crippen LogP contribution < -0.4 is 5.32 Å². The van der Waals surface area contributed by atoms with Gasteiger partial charge in [-0.15, -0.1) is 10.2 Å². The number of fused-ring (bicyclic) bond motifs is 1. The van der Waals surface area contributed by atoms with Crippen molar-refractivity contribution in [1.29, 1.82) is 0 Å². The number of aromatic nitrogens is 3. The Balaban J connectivity index is 1.87. The van der Waals surface area contributed by atoms with Crippen molar-refractivity contribution < 1.29 is 9.18 Å². The molecule has 0 spiro atoms. The zero-order valence-corrected chi connectivity index (χ0v) is 14.0. The van der Waals surface area contributed by atoms with Crippen LogP contribution in [0.3, 0.4) is 0 Å². The average Bonchev–Trinajstić information content (AvgIpc) is 2.83. The molecular formula is C18H23FN4O. The molecule has 0 aliphatic carbocycles. The molecule has 24 heavy (non-hydrogen) atoms. The molecule has 3 rings (SSSR count). The molecule has 1 aromatic carbocycles. The molecule has 1 aliphatic rings. The lowest BCUT2D eigenvalue weighted by molar-refractivity contribution is -0.116. The number of rotatable bonds is 5. The zero-order valence-electron chi connectivity index (χ0n) is 14.0. The Kier molecular flexibility index (Phi) is 5.23. The van der Waals surface area contributed by atoms with Crippen LogP contribution in [0.4, 0.5) is 10.1 Å². The summed E-state index contributed by atoms with van der Waals surface area (Å²) in [5.41, 5.74) is 0.988. The van der Waals surface area contributed by atoms with Crippen LogP contribution in [0.2, 0.25) is 0 Å². The number of carbonyl (C=O) groups excluding carboxylic acids is 1. The summed E-state index contributed by atoms with van der Waals surface area (Å²) < 4.78 is 16.4. The highest BCUT2D eigenvalue weighted by Gasteiger charge is 2.19. The van der Waals surface area contributed by atoms with Crippen molar-refractivity contribution in [3.8, 4) is 11.4 Å². The van der Waals surface area contributed by atoms with E-state index >= 15 is 0 Å². The molecule has 6 heteroatoms. The first-order chi connectivity index (χ1) is 11.7. The van der Waals surface area contributed by atoms with E-state index < -0.39 is 0 Å². The molecule has 0 saturated carbocycles. The van der Waals surface area contributed by atoms with Crippen LogP contribution in [0.15, 0.2) is 18.2 Å². The smallest absolute Gasteiger partial charge is 0.224 e. The Morgan fingerprint density at radius 1 is 1.29 bits per heavy atom. The summed E-state index contributed by atoms with van der Waals surface area (Å²) in [6.07, 6.45) is 6.46. The Morgan fingerprint density at radius 2 is 2.17 bits per heavy atom. The number of amides is 1. The molecule has 2 aromatic rings. The first-order valence-electron chi connectivity index (χ1n) is 8.71. The van der Waals surface area contributed by atoms with Crippen molar-refractivity contribution in [3.05, 3.63) is 29.8 Å². The third-order valence-electron chi connectivity index (χ3n) is 4.36. The summed E-state index contributed by atoms with van der Waals surface area (Å²) in [7, 11) is 0. The molecule has 0 saturated heterocycles. The summed E-state index contributed by atoms with van der Waals surface area (Å²) in [5.74, 6) is 1.07. The second-order valence-electron chi connectivity index (χ2n) is 6.25. The number of unbranched alkanes of at least 4 members (excludes halogenated alkanes) is 1. The lowest BCUT2D eigenvalue weighted by Gasteiger charge is -2.10. The zero-order chi connectivity index (χ0) is 16.9. The predicted octanol–water partition coefficient (Wildman–Crippen LogP) is 3.94. The van der Waals surface area contributed by atoms with Gasteiger partial charge in [0.1, 0.15) is 11.6 Å². The highest BCUT2D eigenvalue weighted by Crippen LogP contribution is 2.27. The number of hydrogen-bond acceptors (Lipinski definition) is 3. The maximum absolute atomic E-state index is 14.4. The minimum atomic E-state index is -0.346. The van der Waals surface area contributed by atoms with Gasteiger partial charge in [-0.25, -0.2) is 4.39 Å². The van der Waals surface area contributed by atoms with Gasteiger partial charge >= 0.3 is 0 Å². The van der Waals surface area contributed by atoms with E-state index in [0.29, 0.717) is 23.5 Å². The van der Waals surface area contributed by atoms with Gasteiger partial charge in [-0.2, -0.15) is 0 Å². The summed E-state index contributed by atoms with van der Waals surface area (Å²) in [5, 5.41) is 11.3. The molecule has 0 radical (unpaired) electrons. The number of carbonyl (C=O) groups is 1. The minimum Gasteiger partial charge on any atom is -0.326 e. The molecule has 5 nitrogen and oxygen atoms in total. The largest absolute Gasteiger partial charge is 0.326 e. The lowest BCUT2D eigenvalue weighted by Crippen LogP contribution is -2.11. The molecule has 1 aromatic heterocycles. The summed E-state index contributed by atoms with van der Waals surface area (Å²) in [6, 6.07) is 4.62. The van der Waals surface area contributed by atoms with Crippen LogP contribution in [-0.2, 0) is 17.8 Å². The number of halogens is 1. The Morgan fingerprint density at radius 3 is 3.00 bits per heavy atom. The second-order valence-corrected chi connectivity index (χ2v) is 6.25. The van der Waals surface area contributed by atoms with Crippen LogP contribution >= 0.6 is 0 Å². The molecule has 1 amide bonds. The van der Waals surface area contributed by atoms with Crippen LogP contribution in [0.5, 0.6) is 0 Å². The third-order valence-corrected chi connectivity index (χ3v) is 4.36. The van der Waals surface area contributed by atoms with Crippen molar-refractivity contribution in [2.75, 3.05) is 5.32 Å². The van der Waals surface area contributed by atoms with Gasteiger partial charge in [-0.05, 0) is 37.5 Å². The monoisotopic (exact) mass is 330 g/mol. The molecule has 0 bridgehead atoms. The van der Waals surface area contributed by atoms with Crippen LogP contribution in [0.1, 0.15) is 51.3 Å². The molecule has 0 atom stereocenters. The highest BCUT2D eigenvalue weighted by molar-refractivity contribution is 5.91. The predicted molar refractivity (Wildman–Crippen MR) is 91.1 cm³/mol. The SMILES string of the molecule is CCCCC(=O)Nc1ccc(F)c(-c2nnc3n2CCCCC3)c1. The van der Waals surface area contributed by atoms with E-state index in [0.717, 1.165) is 50.9 Å². The van der Waals surface area contributed by atoms with Gasteiger partial charge in [-0.1, -0.05) is 19.8 Å². The van der Waals surface area contributed by atoms with Crippen molar-refractivity contribution in [1.82, 2.24) is 14.8 Å². The number of benzene rings is 1. The Bertz CT molecular complexity index is 726.